The molecule has 1 aliphatic rings. The first-order chi connectivity index (χ1) is 7.23. The molecular formula is C12H24N2O2. The minimum absolute atomic E-state index is 0.0102. The molecule has 0 aromatic heterocycles. The highest BCUT2D eigenvalue weighted by Crippen LogP contribution is 2.51. The lowest BCUT2D eigenvalue weighted by Gasteiger charge is -2.59. The molecule has 94 valence electrons. The summed E-state index contributed by atoms with van der Waals surface area (Å²) in [7, 11) is 5.52. The highest BCUT2D eigenvalue weighted by atomic mass is 16.5. The molecule has 1 saturated carbocycles. The van der Waals surface area contributed by atoms with Crippen molar-refractivity contribution >= 4 is 5.91 Å². The van der Waals surface area contributed by atoms with E-state index in [9.17, 15) is 4.79 Å². The molecule has 1 aliphatic carbocycles. The van der Waals surface area contributed by atoms with Crippen molar-refractivity contribution in [2.24, 2.45) is 5.41 Å². The first-order valence-electron chi connectivity index (χ1n) is 5.72. The second-order valence-electron chi connectivity index (χ2n) is 5.72. The number of hydrogen-bond acceptors (Lipinski definition) is 3. The first kappa shape index (κ1) is 13.5. The number of carbonyl (C=O) groups is 1. The van der Waals surface area contributed by atoms with Crippen molar-refractivity contribution in [3.05, 3.63) is 0 Å². The molecule has 0 aromatic rings. The fourth-order valence-corrected chi connectivity index (χ4v) is 2.25. The molecule has 0 radical (unpaired) electrons. The SMILES string of the molecule is CO[C@]1(C)C[C@@H](NC(=O)CN(C)C)C1(C)C. The molecule has 1 N–H and O–H groups in total. The van der Waals surface area contributed by atoms with E-state index in [1.807, 2.05) is 19.0 Å². The predicted octanol–water partition coefficient (Wildman–Crippen LogP) is 0.868. The molecule has 0 bridgehead atoms. The van der Waals surface area contributed by atoms with E-state index >= 15 is 0 Å². The lowest BCUT2D eigenvalue weighted by atomic mass is 9.56. The molecular weight excluding hydrogens is 204 g/mol. The average molecular weight is 228 g/mol. The van der Waals surface area contributed by atoms with Gasteiger partial charge in [0.25, 0.3) is 0 Å². The van der Waals surface area contributed by atoms with Crippen molar-refractivity contribution in [2.45, 2.75) is 38.8 Å². The first-order valence-corrected chi connectivity index (χ1v) is 5.72. The van der Waals surface area contributed by atoms with Crippen molar-refractivity contribution in [1.82, 2.24) is 10.2 Å². The number of amides is 1. The smallest absolute Gasteiger partial charge is 0.234 e. The summed E-state index contributed by atoms with van der Waals surface area (Å²) in [6, 6.07) is 0.213. The number of ether oxygens (including phenoxy) is 1. The quantitative estimate of drug-likeness (QED) is 0.776. The minimum atomic E-state index is -0.122. The molecule has 1 fully saturated rings. The highest BCUT2D eigenvalue weighted by Gasteiger charge is 2.58. The van der Waals surface area contributed by atoms with Gasteiger partial charge in [-0.05, 0) is 27.4 Å². The third kappa shape index (κ3) is 2.23. The topological polar surface area (TPSA) is 41.6 Å². The third-order valence-corrected chi connectivity index (χ3v) is 4.07. The molecule has 0 spiro atoms. The molecule has 1 amide bonds. The van der Waals surface area contributed by atoms with Gasteiger partial charge in [-0.3, -0.25) is 4.79 Å². The Hall–Kier alpha value is -0.610. The number of rotatable bonds is 4. The fourth-order valence-electron chi connectivity index (χ4n) is 2.25. The zero-order valence-electron chi connectivity index (χ0n) is 11.3. The van der Waals surface area contributed by atoms with Gasteiger partial charge in [0.15, 0.2) is 0 Å². The van der Waals surface area contributed by atoms with Crippen LogP contribution in [0, 0.1) is 5.41 Å². The Labute approximate surface area is 98.3 Å². The van der Waals surface area contributed by atoms with E-state index in [0.717, 1.165) is 6.42 Å². The van der Waals surface area contributed by atoms with Crippen molar-refractivity contribution in [3.63, 3.8) is 0 Å². The Morgan fingerprint density at radius 2 is 2.00 bits per heavy atom. The third-order valence-electron chi connectivity index (χ3n) is 4.07. The van der Waals surface area contributed by atoms with Crippen LogP contribution in [0.4, 0.5) is 0 Å². The Balaban J connectivity index is 2.51. The summed E-state index contributed by atoms with van der Waals surface area (Å²) in [6.07, 6.45) is 0.885. The Morgan fingerprint density at radius 1 is 1.44 bits per heavy atom. The van der Waals surface area contributed by atoms with Crippen molar-refractivity contribution in [3.8, 4) is 0 Å². The average Bonchev–Trinajstić information content (AvgIpc) is 2.15. The normalized spacial score (nSPS) is 32.3. The Bertz CT molecular complexity index is 276. The van der Waals surface area contributed by atoms with Crippen molar-refractivity contribution in [2.75, 3.05) is 27.7 Å². The second-order valence-corrected chi connectivity index (χ2v) is 5.72. The largest absolute Gasteiger partial charge is 0.378 e. The van der Waals surface area contributed by atoms with Crippen LogP contribution in [0.15, 0.2) is 0 Å². The van der Waals surface area contributed by atoms with Gasteiger partial charge in [0.1, 0.15) is 0 Å². The monoisotopic (exact) mass is 228 g/mol. The fraction of sp³-hybridized carbons (Fsp3) is 0.917. The van der Waals surface area contributed by atoms with Crippen LogP contribution in [0.1, 0.15) is 27.2 Å². The summed E-state index contributed by atoms with van der Waals surface area (Å²) < 4.78 is 5.52. The summed E-state index contributed by atoms with van der Waals surface area (Å²) >= 11 is 0. The highest BCUT2D eigenvalue weighted by molar-refractivity contribution is 5.78. The predicted molar refractivity (Wildman–Crippen MR) is 64.3 cm³/mol. The van der Waals surface area contributed by atoms with E-state index in [4.69, 9.17) is 4.74 Å². The van der Waals surface area contributed by atoms with Gasteiger partial charge in [-0.15, -0.1) is 0 Å². The van der Waals surface area contributed by atoms with E-state index in [2.05, 4.69) is 26.1 Å². The van der Waals surface area contributed by atoms with Crippen LogP contribution >= 0.6 is 0 Å². The van der Waals surface area contributed by atoms with Gasteiger partial charge in [0, 0.05) is 18.6 Å². The maximum atomic E-state index is 11.7. The van der Waals surface area contributed by atoms with E-state index < -0.39 is 0 Å². The standard InChI is InChI=1S/C12H24N2O2/c1-11(2)9(7-12(11,3)16-6)13-10(15)8-14(4)5/h9H,7-8H2,1-6H3,(H,13,15)/t9-,12-/m1/s1. The van der Waals surface area contributed by atoms with Gasteiger partial charge < -0.3 is 15.0 Å². The molecule has 0 aliphatic heterocycles. The number of hydrogen-bond donors (Lipinski definition) is 1. The zero-order valence-corrected chi connectivity index (χ0v) is 11.3. The van der Waals surface area contributed by atoms with E-state index in [0.29, 0.717) is 6.54 Å². The zero-order chi connectivity index (χ0) is 12.6. The second kappa shape index (κ2) is 4.34. The summed E-state index contributed by atoms with van der Waals surface area (Å²) in [5.41, 5.74) is -0.132. The van der Waals surface area contributed by atoms with Gasteiger partial charge in [-0.1, -0.05) is 13.8 Å². The van der Waals surface area contributed by atoms with Crippen LogP contribution in [0.5, 0.6) is 0 Å². The molecule has 0 unspecified atom stereocenters. The number of nitrogens with zero attached hydrogens (tertiary/aromatic N) is 1. The van der Waals surface area contributed by atoms with Crippen LogP contribution in [0.25, 0.3) is 0 Å². The molecule has 0 heterocycles. The van der Waals surface area contributed by atoms with Crippen LogP contribution in [-0.4, -0.2) is 50.2 Å². The summed E-state index contributed by atoms with van der Waals surface area (Å²) in [4.78, 5) is 13.5. The maximum absolute atomic E-state index is 11.7. The Kier molecular flexibility index (Phi) is 3.65. The van der Waals surface area contributed by atoms with Gasteiger partial charge in [0.2, 0.25) is 5.91 Å². The molecule has 1 rings (SSSR count). The van der Waals surface area contributed by atoms with Gasteiger partial charge in [0.05, 0.1) is 12.1 Å². The molecule has 0 saturated heterocycles. The maximum Gasteiger partial charge on any atom is 0.234 e. The van der Waals surface area contributed by atoms with E-state index in [-0.39, 0.29) is 23.0 Å². The van der Waals surface area contributed by atoms with Crippen LogP contribution in [0.3, 0.4) is 0 Å². The summed E-state index contributed by atoms with van der Waals surface area (Å²) in [5.74, 6) is 0.0845. The number of methoxy groups -OCH3 is 1. The molecule has 2 atom stereocenters. The van der Waals surface area contributed by atoms with Crippen molar-refractivity contribution in [1.29, 1.82) is 0 Å². The number of likely N-dealkylation sites (N-methyl/N-ethyl adjacent to an activating group) is 1. The molecule has 0 aromatic carbocycles. The lowest BCUT2D eigenvalue weighted by molar-refractivity contribution is -0.182. The molecule has 4 heteroatoms. The van der Waals surface area contributed by atoms with Gasteiger partial charge in [-0.2, -0.15) is 0 Å². The van der Waals surface area contributed by atoms with E-state index in [1.54, 1.807) is 7.11 Å². The van der Waals surface area contributed by atoms with Crippen LogP contribution in [-0.2, 0) is 9.53 Å². The molecule has 16 heavy (non-hydrogen) atoms. The lowest BCUT2D eigenvalue weighted by Crippen LogP contribution is -2.69. The van der Waals surface area contributed by atoms with Gasteiger partial charge >= 0.3 is 0 Å². The minimum Gasteiger partial charge on any atom is -0.378 e. The van der Waals surface area contributed by atoms with E-state index in [1.165, 1.54) is 0 Å². The molecule has 4 nitrogen and oxygen atoms in total. The Morgan fingerprint density at radius 3 is 2.38 bits per heavy atom. The van der Waals surface area contributed by atoms with Gasteiger partial charge in [-0.25, -0.2) is 0 Å². The van der Waals surface area contributed by atoms with Crippen LogP contribution < -0.4 is 5.32 Å². The van der Waals surface area contributed by atoms with Crippen molar-refractivity contribution < 1.29 is 9.53 Å². The van der Waals surface area contributed by atoms with Crippen LogP contribution in [0.2, 0.25) is 0 Å². The summed E-state index contributed by atoms with van der Waals surface area (Å²) in [6.45, 7) is 6.82. The number of carbonyl (C=O) groups excluding carboxylic acids is 1. The summed E-state index contributed by atoms with van der Waals surface area (Å²) in [5, 5.41) is 3.07. The number of nitrogens with one attached hydrogen (secondary N) is 1.